The van der Waals surface area contributed by atoms with E-state index < -0.39 is 0 Å². The average Bonchev–Trinajstić information content (AvgIpc) is 2.66. The first-order valence-corrected chi connectivity index (χ1v) is 5.23. The quantitative estimate of drug-likeness (QED) is 0.860. The third-order valence-corrected chi connectivity index (χ3v) is 2.72. The van der Waals surface area contributed by atoms with Gasteiger partial charge in [-0.2, -0.15) is 0 Å². The maximum Gasteiger partial charge on any atom is 0.206 e. The van der Waals surface area contributed by atoms with E-state index >= 15 is 0 Å². The van der Waals surface area contributed by atoms with Crippen molar-refractivity contribution in [2.75, 3.05) is 19.0 Å². The molecule has 0 saturated carbocycles. The first-order chi connectivity index (χ1) is 7.29. The number of rotatable bonds is 3. The monoisotopic (exact) mass is 226 g/mol. The maximum absolute atomic E-state index is 5.89. The van der Waals surface area contributed by atoms with Crippen LogP contribution in [-0.4, -0.2) is 19.8 Å². The molecular formula is C11H13ClNO2. The molecule has 1 heterocycles. The predicted octanol–water partition coefficient (Wildman–Crippen LogP) is 2.62. The van der Waals surface area contributed by atoms with Gasteiger partial charge < -0.3 is 14.8 Å². The standard InChI is InChI=1S/C11H13ClNO2/c1-14-9-4-2-8(3-5-9)13-10-6-7-15-11(10)12/h2-5,10,13H,6-7H2,1H3. The lowest BCUT2D eigenvalue weighted by atomic mass is 10.2. The van der Waals surface area contributed by atoms with Gasteiger partial charge in [0.2, 0.25) is 5.56 Å². The van der Waals surface area contributed by atoms with Gasteiger partial charge in [0.05, 0.1) is 19.8 Å². The molecule has 3 nitrogen and oxygen atoms in total. The lowest BCUT2D eigenvalue weighted by Crippen LogP contribution is -2.19. The summed E-state index contributed by atoms with van der Waals surface area (Å²) in [7, 11) is 1.65. The predicted molar refractivity (Wildman–Crippen MR) is 60.1 cm³/mol. The summed E-state index contributed by atoms with van der Waals surface area (Å²) >= 11 is 5.89. The molecule has 0 aliphatic carbocycles. The number of ether oxygens (including phenoxy) is 2. The number of hydrogen-bond acceptors (Lipinski definition) is 3. The lowest BCUT2D eigenvalue weighted by molar-refractivity contribution is 0.235. The minimum atomic E-state index is 0.111. The Morgan fingerprint density at radius 3 is 2.67 bits per heavy atom. The van der Waals surface area contributed by atoms with Crippen LogP contribution in [0.3, 0.4) is 0 Å². The normalized spacial score (nSPS) is 21.6. The van der Waals surface area contributed by atoms with Gasteiger partial charge in [0.25, 0.3) is 0 Å². The zero-order valence-electron chi connectivity index (χ0n) is 8.50. The number of benzene rings is 1. The van der Waals surface area contributed by atoms with E-state index in [1.54, 1.807) is 7.11 Å². The van der Waals surface area contributed by atoms with Crippen LogP contribution in [0.5, 0.6) is 5.75 Å². The van der Waals surface area contributed by atoms with Crippen LogP contribution in [0.2, 0.25) is 0 Å². The Morgan fingerprint density at radius 2 is 2.13 bits per heavy atom. The molecule has 81 valence electrons. The molecule has 0 bridgehead atoms. The van der Waals surface area contributed by atoms with Crippen LogP contribution in [0.1, 0.15) is 6.42 Å². The molecule has 1 aliphatic rings. The Morgan fingerprint density at radius 1 is 1.40 bits per heavy atom. The summed E-state index contributed by atoms with van der Waals surface area (Å²) in [5, 5.41) is 3.29. The highest BCUT2D eigenvalue weighted by Gasteiger charge is 2.27. The number of methoxy groups -OCH3 is 1. The second-order valence-corrected chi connectivity index (χ2v) is 3.74. The molecule has 0 spiro atoms. The zero-order valence-corrected chi connectivity index (χ0v) is 9.25. The van der Waals surface area contributed by atoms with Gasteiger partial charge in [-0.05, 0) is 30.7 Å². The van der Waals surface area contributed by atoms with Crippen molar-refractivity contribution in [2.24, 2.45) is 0 Å². The molecule has 0 amide bonds. The van der Waals surface area contributed by atoms with Gasteiger partial charge in [-0.25, -0.2) is 0 Å². The largest absolute Gasteiger partial charge is 0.497 e. The topological polar surface area (TPSA) is 30.5 Å². The van der Waals surface area contributed by atoms with Crippen LogP contribution in [0.15, 0.2) is 24.3 Å². The van der Waals surface area contributed by atoms with Crippen LogP contribution < -0.4 is 10.1 Å². The third kappa shape index (κ3) is 2.55. The second kappa shape index (κ2) is 4.73. The highest BCUT2D eigenvalue weighted by molar-refractivity contribution is 6.26. The molecule has 1 aliphatic heterocycles. The Kier molecular flexibility index (Phi) is 3.34. The SMILES string of the molecule is COc1ccc(NC2CCO[C]2Cl)cc1. The van der Waals surface area contributed by atoms with Gasteiger partial charge in [-0.3, -0.25) is 0 Å². The Labute approximate surface area is 94.3 Å². The fraction of sp³-hybridized carbons (Fsp3) is 0.364. The summed E-state index contributed by atoms with van der Waals surface area (Å²) in [5.41, 5.74) is 1.57. The van der Waals surface area contributed by atoms with Crippen LogP contribution in [0, 0.1) is 5.56 Å². The van der Waals surface area contributed by atoms with Crippen molar-refractivity contribution in [1.82, 2.24) is 0 Å². The van der Waals surface area contributed by atoms with Crippen molar-refractivity contribution in [3.63, 3.8) is 0 Å². The highest BCUT2D eigenvalue weighted by atomic mass is 35.5. The van der Waals surface area contributed by atoms with Crippen LogP contribution in [0.25, 0.3) is 0 Å². The maximum atomic E-state index is 5.89. The van der Waals surface area contributed by atoms with Crippen LogP contribution in [0.4, 0.5) is 5.69 Å². The minimum Gasteiger partial charge on any atom is -0.497 e. The fourth-order valence-electron chi connectivity index (χ4n) is 1.51. The van der Waals surface area contributed by atoms with Crippen molar-refractivity contribution < 1.29 is 9.47 Å². The molecule has 1 aromatic carbocycles. The third-order valence-electron chi connectivity index (χ3n) is 2.35. The van der Waals surface area contributed by atoms with Gasteiger partial charge in [0.15, 0.2) is 0 Å². The van der Waals surface area contributed by atoms with Gasteiger partial charge in [0, 0.05) is 5.69 Å². The van der Waals surface area contributed by atoms with Gasteiger partial charge in [0.1, 0.15) is 5.75 Å². The lowest BCUT2D eigenvalue weighted by Gasteiger charge is -2.14. The van der Waals surface area contributed by atoms with Gasteiger partial charge >= 0.3 is 0 Å². The summed E-state index contributed by atoms with van der Waals surface area (Å²) in [4.78, 5) is 0. The van der Waals surface area contributed by atoms with Crippen LogP contribution in [-0.2, 0) is 4.74 Å². The first-order valence-electron chi connectivity index (χ1n) is 4.85. The Hall–Kier alpha value is -0.930. The molecule has 1 radical (unpaired) electrons. The summed E-state index contributed by atoms with van der Waals surface area (Å²) in [6, 6.07) is 7.85. The summed E-state index contributed by atoms with van der Waals surface area (Å²) < 4.78 is 10.3. The zero-order chi connectivity index (χ0) is 10.7. The van der Waals surface area contributed by atoms with Crippen molar-refractivity contribution in [3.8, 4) is 5.75 Å². The van der Waals surface area contributed by atoms with Crippen molar-refractivity contribution in [3.05, 3.63) is 29.8 Å². The molecule has 15 heavy (non-hydrogen) atoms. The molecule has 1 N–H and O–H groups in total. The number of nitrogens with one attached hydrogen (secondary N) is 1. The van der Waals surface area contributed by atoms with E-state index in [4.69, 9.17) is 21.1 Å². The number of halogens is 1. The van der Waals surface area contributed by atoms with E-state index in [0.29, 0.717) is 12.2 Å². The second-order valence-electron chi connectivity index (χ2n) is 3.37. The van der Waals surface area contributed by atoms with Gasteiger partial charge in [-0.15, -0.1) is 0 Å². The van der Waals surface area contributed by atoms with E-state index in [2.05, 4.69) is 5.32 Å². The van der Waals surface area contributed by atoms with Crippen molar-refractivity contribution in [2.45, 2.75) is 12.5 Å². The smallest absolute Gasteiger partial charge is 0.206 e. The molecule has 1 unspecified atom stereocenters. The molecule has 1 aromatic rings. The van der Waals surface area contributed by atoms with Crippen molar-refractivity contribution >= 4 is 17.3 Å². The Balaban J connectivity index is 1.98. The van der Waals surface area contributed by atoms with E-state index in [1.165, 1.54) is 0 Å². The number of hydrogen-bond donors (Lipinski definition) is 1. The van der Waals surface area contributed by atoms with E-state index in [-0.39, 0.29) is 6.04 Å². The molecule has 1 atom stereocenters. The van der Waals surface area contributed by atoms with E-state index in [9.17, 15) is 0 Å². The summed E-state index contributed by atoms with van der Waals surface area (Å²) in [5.74, 6) is 0.846. The van der Waals surface area contributed by atoms with Crippen LogP contribution >= 0.6 is 11.6 Å². The average molecular weight is 227 g/mol. The fourth-order valence-corrected chi connectivity index (χ4v) is 1.75. The summed E-state index contributed by atoms with van der Waals surface area (Å²) in [6.07, 6.45) is 0.908. The first kappa shape index (κ1) is 10.6. The number of anilines is 1. The molecule has 1 saturated heterocycles. The molecule has 1 fully saturated rings. The highest BCUT2D eigenvalue weighted by Crippen LogP contribution is 2.28. The van der Waals surface area contributed by atoms with E-state index in [0.717, 1.165) is 17.9 Å². The minimum absolute atomic E-state index is 0.111. The molecular weight excluding hydrogens is 214 g/mol. The van der Waals surface area contributed by atoms with E-state index in [1.807, 2.05) is 24.3 Å². The summed E-state index contributed by atoms with van der Waals surface area (Å²) in [6.45, 7) is 0.687. The molecule has 4 heteroatoms. The molecule has 0 aromatic heterocycles. The van der Waals surface area contributed by atoms with Gasteiger partial charge in [-0.1, -0.05) is 11.6 Å². The Bertz CT molecular complexity index is 315. The van der Waals surface area contributed by atoms with Crippen molar-refractivity contribution in [1.29, 1.82) is 0 Å². The molecule has 2 rings (SSSR count).